The number of aromatic nitrogens is 1. The van der Waals surface area contributed by atoms with Crippen LogP contribution in [-0.2, 0) is 20.9 Å². The molecule has 1 aromatic heterocycles. The van der Waals surface area contributed by atoms with Crippen molar-refractivity contribution < 1.29 is 19.1 Å². The first kappa shape index (κ1) is 20.8. The zero-order valence-corrected chi connectivity index (χ0v) is 17.6. The van der Waals surface area contributed by atoms with Crippen molar-refractivity contribution in [3.05, 3.63) is 58.4 Å². The van der Waals surface area contributed by atoms with Crippen molar-refractivity contribution in [1.82, 2.24) is 4.57 Å². The average molecular weight is 413 g/mol. The van der Waals surface area contributed by atoms with Crippen molar-refractivity contribution in [2.24, 2.45) is 4.99 Å². The van der Waals surface area contributed by atoms with Crippen LogP contribution < -0.4 is 9.54 Å². The second kappa shape index (κ2) is 9.52. The Labute approximate surface area is 173 Å². The Morgan fingerprint density at radius 3 is 2.55 bits per heavy atom. The summed E-state index contributed by atoms with van der Waals surface area (Å²) in [5, 5.41) is 0. The largest absolute Gasteiger partial charge is 0.493 e. The van der Waals surface area contributed by atoms with Gasteiger partial charge >= 0.3 is 5.97 Å². The monoisotopic (exact) mass is 412 g/mol. The number of fused-ring (bicyclic) bond motifs is 1. The lowest BCUT2D eigenvalue weighted by Gasteiger charge is -2.07. The van der Waals surface area contributed by atoms with Crippen LogP contribution in [0, 0.1) is 13.8 Å². The molecule has 0 unspecified atom stereocenters. The first-order chi connectivity index (χ1) is 14.0. The Bertz CT molecular complexity index is 1080. The summed E-state index contributed by atoms with van der Waals surface area (Å²) in [6, 6.07) is 13.4. The molecule has 1 amide bonds. The van der Waals surface area contributed by atoms with Crippen LogP contribution in [0.3, 0.4) is 0 Å². The van der Waals surface area contributed by atoms with Crippen LogP contribution in [0.25, 0.3) is 10.2 Å². The van der Waals surface area contributed by atoms with Crippen molar-refractivity contribution in [2.45, 2.75) is 33.7 Å². The van der Waals surface area contributed by atoms with Gasteiger partial charge in [0.25, 0.3) is 5.91 Å². The van der Waals surface area contributed by atoms with Crippen LogP contribution in [0.15, 0.2) is 47.5 Å². The standard InChI is InChI=1S/C22H24N2O4S/c1-4-27-21(26)14-24-18-12-15(2)16(3)13-19(18)29-22(24)23-20(25)10-11-28-17-8-6-5-7-9-17/h5-9,12-13H,4,10-11,14H2,1-3H3. The lowest BCUT2D eigenvalue weighted by atomic mass is 10.1. The number of nitrogens with zero attached hydrogens (tertiary/aromatic N) is 2. The Balaban J connectivity index is 1.85. The molecule has 0 aliphatic carbocycles. The second-order valence-electron chi connectivity index (χ2n) is 6.60. The smallest absolute Gasteiger partial charge is 0.326 e. The van der Waals surface area contributed by atoms with Crippen LogP contribution in [0.1, 0.15) is 24.5 Å². The summed E-state index contributed by atoms with van der Waals surface area (Å²) >= 11 is 1.39. The molecule has 7 heteroatoms. The Hall–Kier alpha value is -2.93. The van der Waals surface area contributed by atoms with E-state index >= 15 is 0 Å². The normalized spacial score (nSPS) is 11.6. The van der Waals surface area contributed by atoms with E-state index in [2.05, 4.69) is 11.1 Å². The second-order valence-corrected chi connectivity index (χ2v) is 7.61. The molecule has 152 valence electrons. The maximum atomic E-state index is 12.4. The third kappa shape index (κ3) is 5.32. The summed E-state index contributed by atoms with van der Waals surface area (Å²) in [6.45, 7) is 6.39. The van der Waals surface area contributed by atoms with Gasteiger partial charge < -0.3 is 14.0 Å². The third-order valence-corrected chi connectivity index (χ3v) is 5.48. The molecular weight excluding hydrogens is 388 g/mol. The minimum atomic E-state index is -0.355. The third-order valence-electron chi connectivity index (χ3n) is 4.44. The Morgan fingerprint density at radius 2 is 1.83 bits per heavy atom. The van der Waals surface area contributed by atoms with Gasteiger partial charge in [-0.2, -0.15) is 4.99 Å². The number of thiazole rings is 1. The number of para-hydroxylation sites is 1. The summed E-state index contributed by atoms with van der Waals surface area (Å²) in [5.74, 6) is 0.0655. The summed E-state index contributed by atoms with van der Waals surface area (Å²) in [5.41, 5.74) is 3.14. The number of amides is 1. The van der Waals surface area contributed by atoms with Crippen molar-refractivity contribution in [2.75, 3.05) is 13.2 Å². The molecule has 29 heavy (non-hydrogen) atoms. The van der Waals surface area contributed by atoms with Crippen molar-refractivity contribution in [1.29, 1.82) is 0 Å². The summed E-state index contributed by atoms with van der Waals surface area (Å²) in [6.07, 6.45) is 0.153. The number of rotatable bonds is 7. The lowest BCUT2D eigenvalue weighted by molar-refractivity contribution is -0.143. The van der Waals surface area contributed by atoms with Gasteiger partial charge in [-0.1, -0.05) is 29.5 Å². The molecule has 0 spiro atoms. The van der Waals surface area contributed by atoms with E-state index in [1.165, 1.54) is 11.3 Å². The number of carbonyl (C=O) groups is 2. The summed E-state index contributed by atoms with van der Waals surface area (Å²) in [4.78, 5) is 29.2. The van der Waals surface area contributed by atoms with E-state index in [0.717, 1.165) is 21.3 Å². The van der Waals surface area contributed by atoms with E-state index in [1.807, 2.05) is 50.2 Å². The molecule has 3 aromatic rings. The minimum absolute atomic E-state index is 0.0168. The van der Waals surface area contributed by atoms with E-state index in [9.17, 15) is 9.59 Å². The van der Waals surface area contributed by atoms with E-state index in [1.54, 1.807) is 11.5 Å². The van der Waals surface area contributed by atoms with E-state index in [-0.39, 0.29) is 31.4 Å². The number of ether oxygens (including phenoxy) is 2. The van der Waals surface area contributed by atoms with Crippen LogP contribution in [-0.4, -0.2) is 29.7 Å². The average Bonchev–Trinajstić information content (AvgIpc) is 2.99. The number of aryl methyl sites for hydroxylation is 2. The summed E-state index contributed by atoms with van der Waals surface area (Å²) < 4.78 is 13.4. The minimum Gasteiger partial charge on any atom is -0.493 e. The topological polar surface area (TPSA) is 69.9 Å². The first-order valence-corrected chi connectivity index (χ1v) is 10.3. The lowest BCUT2D eigenvalue weighted by Crippen LogP contribution is -2.23. The highest BCUT2D eigenvalue weighted by atomic mass is 32.1. The van der Waals surface area contributed by atoms with Gasteiger partial charge in [-0.3, -0.25) is 9.59 Å². The van der Waals surface area contributed by atoms with Gasteiger partial charge in [0.2, 0.25) is 0 Å². The van der Waals surface area contributed by atoms with Crippen LogP contribution in [0.2, 0.25) is 0 Å². The summed E-state index contributed by atoms with van der Waals surface area (Å²) in [7, 11) is 0. The molecule has 0 saturated heterocycles. The molecule has 0 radical (unpaired) electrons. The quantitative estimate of drug-likeness (QED) is 0.554. The zero-order chi connectivity index (χ0) is 20.8. The number of hydrogen-bond donors (Lipinski definition) is 0. The molecule has 0 bridgehead atoms. The zero-order valence-electron chi connectivity index (χ0n) is 16.8. The predicted octanol–water partition coefficient (Wildman–Crippen LogP) is 3.78. The van der Waals surface area contributed by atoms with E-state index < -0.39 is 0 Å². The van der Waals surface area contributed by atoms with Gasteiger partial charge in [-0.25, -0.2) is 0 Å². The first-order valence-electron chi connectivity index (χ1n) is 9.49. The molecule has 0 aliphatic rings. The number of esters is 1. The molecule has 3 rings (SSSR count). The van der Waals surface area contributed by atoms with Gasteiger partial charge in [0.05, 0.1) is 29.9 Å². The molecule has 0 aliphatic heterocycles. The maximum Gasteiger partial charge on any atom is 0.326 e. The van der Waals surface area contributed by atoms with Crippen LogP contribution >= 0.6 is 11.3 Å². The van der Waals surface area contributed by atoms with Crippen molar-refractivity contribution in [3.8, 4) is 5.75 Å². The van der Waals surface area contributed by atoms with E-state index in [0.29, 0.717) is 17.2 Å². The van der Waals surface area contributed by atoms with E-state index in [4.69, 9.17) is 9.47 Å². The van der Waals surface area contributed by atoms with Crippen molar-refractivity contribution >= 4 is 33.4 Å². The highest BCUT2D eigenvalue weighted by Gasteiger charge is 2.13. The maximum absolute atomic E-state index is 12.4. The molecule has 1 heterocycles. The number of benzene rings is 2. The molecule has 0 saturated carbocycles. The predicted molar refractivity (Wildman–Crippen MR) is 113 cm³/mol. The molecule has 2 aromatic carbocycles. The fraction of sp³-hybridized carbons (Fsp3) is 0.318. The molecule has 0 N–H and O–H groups in total. The number of hydrogen-bond acceptors (Lipinski definition) is 5. The molecular formula is C22H24N2O4S. The van der Waals surface area contributed by atoms with Gasteiger partial charge in [0, 0.05) is 0 Å². The van der Waals surface area contributed by atoms with Gasteiger partial charge in [-0.05, 0) is 56.2 Å². The van der Waals surface area contributed by atoms with Crippen LogP contribution in [0.4, 0.5) is 0 Å². The van der Waals surface area contributed by atoms with Gasteiger partial charge in [-0.15, -0.1) is 0 Å². The fourth-order valence-electron chi connectivity index (χ4n) is 2.83. The van der Waals surface area contributed by atoms with Gasteiger partial charge in [0.1, 0.15) is 12.3 Å². The molecule has 6 nitrogen and oxygen atoms in total. The SMILES string of the molecule is CCOC(=O)Cn1c(=NC(=O)CCOc2ccccc2)sc2cc(C)c(C)cc21. The number of carbonyl (C=O) groups excluding carboxylic acids is 2. The highest BCUT2D eigenvalue weighted by molar-refractivity contribution is 7.16. The molecule has 0 atom stereocenters. The molecule has 0 fully saturated rings. The Morgan fingerprint density at radius 1 is 1.10 bits per heavy atom. The fourth-order valence-corrected chi connectivity index (χ4v) is 3.96. The van der Waals surface area contributed by atoms with Crippen LogP contribution in [0.5, 0.6) is 5.75 Å². The highest BCUT2D eigenvalue weighted by Crippen LogP contribution is 2.22. The van der Waals surface area contributed by atoms with Crippen molar-refractivity contribution in [3.63, 3.8) is 0 Å². The Kier molecular flexibility index (Phi) is 6.82. The van der Waals surface area contributed by atoms with Gasteiger partial charge in [0.15, 0.2) is 4.80 Å².